The van der Waals surface area contributed by atoms with E-state index in [0.29, 0.717) is 17.7 Å². The largest absolute Gasteiger partial charge is 0.573 e. The first-order valence-electron chi connectivity index (χ1n) is 8.26. The fraction of sp³-hybridized carbons (Fsp3) is 0.100. The topological polar surface area (TPSA) is 68.5 Å². The van der Waals surface area contributed by atoms with Gasteiger partial charge in [-0.15, -0.1) is 24.9 Å². The number of nitrogens with one attached hydrogen (secondary N) is 1. The van der Waals surface area contributed by atoms with Crippen LogP contribution in [0.5, 0.6) is 5.75 Å². The van der Waals surface area contributed by atoms with Crippen LogP contribution >= 0.6 is 11.8 Å². The molecule has 0 radical (unpaired) electrons. The van der Waals surface area contributed by atoms with E-state index in [1.54, 1.807) is 12.1 Å². The Balaban J connectivity index is 1.50. The zero-order valence-electron chi connectivity index (χ0n) is 14.7. The fourth-order valence-corrected chi connectivity index (χ4v) is 3.07. The van der Waals surface area contributed by atoms with Crippen LogP contribution in [0.1, 0.15) is 10.6 Å². The maximum atomic E-state index is 12.1. The van der Waals surface area contributed by atoms with Gasteiger partial charge in [-0.25, -0.2) is 0 Å². The molecule has 0 atom stereocenters. The van der Waals surface area contributed by atoms with Gasteiger partial charge in [0.05, 0.1) is 5.75 Å². The molecule has 0 fully saturated rings. The van der Waals surface area contributed by atoms with Crippen LogP contribution in [-0.4, -0.2) is 24.3 Å². The highest BCUT2D eigenvalue weighted by Gasteiger charge is 2.30. The van der Waals surface area contributed by atoms with Crippen LogP contribution in [0.3, 0.4) is 0 Å². The summed E-state index contributed by atoms with van der Waals surface area (Å²) in [5, 5.41) is 2.60. The van der Waals surface area contributed by atoms with Crippen LogP contribution in [0, 0.1) is 0 Å². The molecule has 0 bridgehead atoms. The molecule has 3 rings (SSSR count). The van der Waals surface area contributed by atoms with Gasteiger partial charge in [-0.1, -0.05) is 12.1 Å². The molecule has 2 aromatic carbocycles. The molecule has 0 spiro atoms. The Morgan fingerprint density at radius 1 is 1.03 bits per heavy atom. The van der Waals surface area contributed by atoms with Crippen molar-refractivity contribution in [2.75, 3.05) is 11.1 Å². The normalized spacial score (nSPS) is 11.1. The molecule has 1 heterocycles. The maximum Gasteiger partial charge on any atom is 0.573 e. The number of thioether (sulfide) groups is 1. The molecule has 0 aliphatic heterocycles. The van der Waals surface area contributed by atoms with Crippen molar-refractivity contribution in [1.29, 1.82) is 0 Å². The van der Waals surface area contributed by atoms with E-state index in [9.17, 15) is 22.8 Å². The van der Waals surface area contributed by atoms with Gasteiger partial charge in [-0.3, -0.25) is 9.59 Å². The minimum absolute atomic E-state index is 0.121. The molecule has 150 valence electrons. The Kier molecular flexibility index (Phi) is 6.28. The van der Waals surface area contributed by atoms with Crippen LogP contribution in [0.2, 0.25) is 0 Å². The Morgan fingerprint density at radius 3 is 2.31 bits per heavy atom. The van der Waals surface area contributed by atoms with E-state index in [1.165, 1.54) is 23.9 Å². The Morgan fingerprint density at radius 2 is 1.72 bits per heavy atom. The van der Waals surface area contributed by atoms with Crippen molar-refractivity contribution in [2.24, 2.45) is 0 Å². The molecule has 3 aromatic rings. The molecule has 0 unspecified atom stereocenters. The average molecular weight is 421 g/mol. The second-order valence-electron chi connectivity index (χ2n) is 5.75. The summed E-state index contributed by atoms with van der Waals surface area (Å²) in [6, 6.07) is 15.4. The number of carbonyl (C=O) groups excluding carboxylic acids is 2. The molecule has 1 N–H and O–H groups in total. The highest BCUT2D eigenvalue weighted by molar-refractivity contribution is 8.00. The Bertz CT molecular complexity index is 982. The van der Waals surface area contributed by atoms with Crippen molar-refractivity contribution >= 4 is 29.6 Å². The lowest BCUT2D eigenvalue weighted by atomic mass is 10.2. The van der Waals surface area contributed by atoms with Gasteiger partial charge in [-0.05, 0) is 48.5 Å². The smallest absolute Gasteiger partial charge is 0.453 e. The lowest BCUT2D eigenvalue weighted by Crippen LogP contribution is -2.17. The molecule has 9 heteroatoms. The Hall–Kier alpha value is -3.20. The van der Waals surface area contributed by atoms with E-state index in [-0.39, 0.29) is 23.2 Å². The van der Waals surface area contributed by atoms with Gasteiger partial charge in [0.15, 0.2) is 12.0 Å². The molecule has 1 amide bonds. The standard InChI is InChI=1S/C20H14F3NO4S/c21-20(22,23)28-15-5-3-14(4-6-15)24-19(26)12-29-17-8-1-13(2-9-17)18-10-7-16(11-25)27-18/h1-11H,12H2,(H,24,26). The molecule has 0 saturated heterocycles. The lowest BCUT2D eigenvalue weighted by Gasteiger charge is -2.10. The van der Waals surface area contributed by atoms with Crippen molar-refractivity contribution in [1.82, 2.24) is 0 Å². The van der Waals surface area contributed by atoms with Crippen LogP contribution in [0.15, 0.2) is 70.0 Å². The summed E-state index contributed by atoms with van der Waals surface area (Å²) in [5.74, 6) is 0.274. The summed E-state index contributed by atoms with van der Waals surface area (Å²) in [6.45, 7) is 0. The summed E-state index contributed by atoms with van der Waals surface area (Å²) in [4.78, 5) is 23.6. The number of rotatable bonds is 7. The third kappa shape index (κ3) is 6.15. The molecular formula is C20H14F3NO4S. The van der Waals surface area contributed by atoms with Gasteiger partial charge in [0.1, 0.15) is 11.5 Å². The number of amides is 1. The van der Waals surface area contributed by atoms with Crippen molar-refractivity contribution in [3.63, 3.8) is 0 Å². The molecule has 1 aromatic heterocycles. The summed E-state index contributed by atoms with van der Waals surface area (Å²) in [5.41, 5.74) is 1.16. The van der Waals surface area contributed by atoms with E-state index in [0.717, 1.165) is 22.6 Å². The molecular weight excluding hydrogens is 407 g/mol. The summed E-state index contributed by atoms with van der Waals surface area (Å²) in [7, 11) is 0. The number of carbonyl (C=O) groups is 2. The number of halogens is 3. The zero-order chi connectivity index (χ0) is 20.9. The van der Waals surface area contributed by atoms with Crippen molar-refractivity contribution in [2.45, 2.75) is 11.3 Å². The number of alkyl halides is 3. The third-order valence-electron chi connectivity index (χ3n) is 3.62. The monoisotopic (exact) mass is 421 g/mol. The maximum absolute atomic E-state index is 12.1. The van der Waals surface area contributed by atoms with Gasteiger partial charge in [0, 0.05) is 16.1 Å². The number of furan rings is 1. The molecule has 5 nitrogen and oxygen atoms in total. The van der Waals surface area contributed by atoms with Gasteiger partial charge in [0.25, 0.3) is 0 Å². The van der Waals surface area contributed by atoms with Crippen LogP contribution < -0.4 is 10.1 Å². The first kappa shape index (κ1) is 20.5. The molecule has 29 heavy (non-hydrogen) atoms. The van der Waals surface area contributed by atoms with Crippen LogP contribution in [-0.2, 0) is 4.79 Å². The summed E-state index contributed by atoms with van der Waals surface area (Å²) < 4.78 is 45.5. The molecule has 0 aliphatic carbocycles. The summed E-state index contributed by atoms with van der Waals surface area (Å²) in [6.07, 6.45) is -4.13. The highest BCUT2D eigenvalue weighted by Crippen LogP contribution is 2.26. The van der Waals surface area contributed by atoms with E-state index in [4.69, 9.17) is 4.42 Å². The lowest BCUT2D eigenvalue weighted by molar-refractivity contribution is -0.274. The first-order chi connectivity index (χ1) is 13.8. The fourth-order valence-electron chi connectivity index (χ4n) is 2.37. The minimum atomic E-state index is -4.76. The zero-order valence-corrected chi connectivity index (χ0v) is 15.5. The van der Waals surface area contributed by atoms with Gasteiger partial charge in [-0.2, -0.15) is 0 Å². The third-order valence-corrected chi connectivity index (χ3v) is 4.64. The van der Waals surface area contributed by atoms with E-state index in [2.05, 4.69) is 10.1 Å². The van der Waals surface area contributed by atoms with E-state index in [1.807, 2.05) is 24.3 Å². The molecule has 0 aliphatic rings. The van der Waals surface area contributed by atoms with Crippen molar-refractivity contribution < 1.29 is 31.9 Å². The predicted molar refractivity (Wildman–Crippen MR) is 102 cm³/mol. The number of ether oxygens (including phenoxy) is 1. The summed E-state index contributed by atoms with van der Waals surface area (Å²) >= 11 is 1.30. The van der Waals surface area contributed by atoms with Crippen LogP contribution in [0.4, 0.5) is 18.9 Å². The quantitative estimate of drug-likeness (QED) is 0.409. The van der Waals surface area contributed by atoms with Crippen molar-refractivity contribution in [3.05, 3.63) is 66.4 Å². The van der Waals surface area contributed by atoms with Gasteiger partial charge < -0.3 is 14.5 Å². The first-order valence-corrected chi connectivity index (χ1v) is 9.25. The number of anilines is 1. The molecule has 0 saturated carbocycles. The second kappa shape index (κ2) is 8.87. The number of hydrogen-bond donors (Lipinski definition) is 1. The Labute approximate surface area is 167 Å². The number of hydrogen-bond acceptors (Lipinski definition) is 5. The van der Waals surface area contributed by atoms with E-state index >= 15 is 0 Å². The number of aldehydes is 1. The predicted octanol–water partition coefficient (Wildman–Crippen LogP) is 5.39. The van der Waals surface area contributed by atoms with Gasteiger partial charge in [0.2, 0.25) is 5.91 Å². The average Bonchev–Trinajstić information content (AvgIpc) is 3.16. The van der Waals surface area contributed by atoms with Crippen molar-refractivity contribution in [3.8, 4) is 17.1 Å². The number of benzene rings is 2. The van der Waals surface area contributed by atoms with E-state index < -0.39 is 6.36 Å². The van der Waals surface area contributed by atoms with Crippen LogP contribution in [0.25, 0.3) is 11.3 Å². The second-order valence-corrected chi connectivity index (χ2v) is 6.80. The van der Waals surface area contributed by atoms with Gasteiger partial charge >= 0.3 is 6.36 Å². The SMILES string of the molecule is O=Cc1ccc(-c2ccc(SCC(=O)Nc3ccc(OC(F)(F)F)cc3)cc2)o1. The highest BCUT2D eigenvalue weighted by atomic mass is 32.2. The minimum Gasteiger partial charge on any atom is -0.453 e.